The maximum Gasteiger partial charge on any atom is 0.317 e. The van der Waals surface area contributed by atoms with Crippen molar-refractivity contribution in [3.63, 3.8) is 0 Å². The summed E-state index contributed by atoms with van der Waals surface area (Å²) in [6.45, 7) is 7.73. The Morgan fingerprint density at radius 3 is 1.26 bits per heavy atom. The first kappa shape index (κ1) is 32.6. The van der Waals surface area contributed by atoms with E-state index in [0.29, 0.717) is 64.2 Å². The van der Waals surface area contributed by atoms with Gasteiger partial charge in [-0.15, -0.1) is 0 Å². The van der Waals surface area contributed by atoms with Crippen molar-refractivity contribution in [1.29, 1.82) is 0 Å². The summed E-state index contributed by atoms with van der Waals surface area (Å²) in [7, 11) is 0. The molecule has 7 nitrogen and oxygen atoms in total. The first-order valence-electron chi connectivity index (χ1n) is 13.3. The molecule has 0 aromatic carbocycles. The summed E-state index contributed by atoms with van der Waals surface area (Å²) in [5, 5.41) is 19.5. The van der Waals surface area contributed by atoms with Crippen LogP contribution in [-0.4, -0.2) is 34.1 Å². The number of allylic oxidation sites excluding steroid dienone is 4. The molecule has 0 heterocycles. The van der Waals surface area contributed by atoms with E-state index in [2.05, 4.69) is 0 Å². The summed E-state index contributed by atoms with van der Waals surface area (Å²) in [6, 6.07) is 0. The third-order valence-corrected chi connectivity index (χ3v) is 6.19. The zero-order valence-electron chi connectivity index (χ0n) is 22.0. The molecule has 4 unspecified atom stereocenters. The van der Waals surface area contributed by atoms with Gasteiger partial charge in [-0.05, 0) is 64.2 Å². The maximum absolute atomic E-state index is 13.1. The van der Waals surface area contributed by atoms with Gasteiger partial charge in [0.1, 0.15) is 0 Å². The van der Waals surface area contributed by atoms with Crippen molar-refractivity contribution in [1.82, 2.24) is 0 Å². The van der Waals surface area contributed by atoms with Crippen LogP contribution in [0.2, 0.25) is 0 Å². The van der Waals surface area contributed by atoms with Crippen LogP contribution in [0.1, 0.15) is 105 Å². The van der Waals surface area contributed by atoms with Gasteiger partial charge in [-0.2, -0.15) is 0 Å². The van der Waals surface area contributed by atoms with Crippen LogP contribution in [0, 0.1) is 23.7 Å². The number of hydrogen-bond donors (Lipinski definition) is 2. The van der Waals surface area contributed by atoms with Gasteiger partial charge in [0.2, 0.25) is 0 Å². The monoisotopic (exact) mass is 494 g/mol. The smallest absolute Gasteiger partial charge is 0.317 e. The molecule has 0 spiro atoms. The minimum atomic E-state index is -1.08. The topological polar surface area (TPSA) is 118 Å². The molecule has 0 radical (unpaired) electrons. The van der Waals surface area contributed by atoms with E-state index in [1.165, 1.54) is 0 Å². The molecule has 0 saturated heterocycles. The molecule has 35 heavy (non-hydrogen) atoms. The molecule has 0 rings (SSSR count). The standard InChI is InChI=1S/C28H46O7/c1-5-9-11-13-15-19-23(21(17-7-3)25(29)30)27(33)35-28(34)24(20-16-14-12-10-6-2)22(18-8-4)26(31)32/h9-12,21-24H,5-8,13-20H2,1-4H3,(H,29,30)(H,31,32)/b11-9+,12-10+. The van der Waals surface area contributed by atoms with Gasteiger partial charge in [0.05, 0.1) is 23.7 Å². The normalized spacial score (nSPS) is 15.1. The molecule has 0 bridgehead atoms. The molecule has 7 heteroatoms. The molecule has 0 aromatic heterocycles. The van der Waals surface area contributed by atoms with E-state index < -0.39 is 47.5 Å². The summed E-state index contributed by atoms with van der Waals surface area (Å²) in [5.41, 5.74) is 0. The average Bonchev–Trinajstić information content (AvgIpc) is 2.81. The Kier molecular flexibility index (Phi) is 18.4. The third kappa shape index (κ3) is 13.3. The first-order valence-corrected chi connectivity index (χ1v) is 13.3. The van der Waals surface area contributed by atoms with Crippen molar-refractivity contribution < 1.29 is 34.1 Å². The van der Waals surface area contributed by atoms with Gasteiger partial charge in [0, 0.05) is 0 Å². The van der Waals surface area contributed by atoms with Crippen LogP contribution >= 0.6 is 0 Å². The van der Waals surface area contributed by atoms with Crippen molar-refractivity contribution in [2.45, 2.75) is 105 Å². The third-order valence-electron chi connectivity index (χ3n) is 6.19. The quantitative estimate of drug-likeness (QED) is 0.0851. The van der Waals surface area contributed by atoms with Crippen LogP contribution in [0.5, 0.6) is 0 Å². The fourth-order valence-electron chi connectivity index (χ4n) is 4.31. The van der Waals surface area contributed by atoms with Crippen LogP contribution in [-0.2, 0) is 23.9 Å². The summed E-state index contributed by atoms with van der Waals surface area (Å²) in [4.78, 5) is 50.0. The Morgan fingerprint density at radius 2 is 0.971 bits per heavy atom. The van der Waals surface area contributed by atoms with Crippen LogP contribution in [0.4, 0.5) is 0 Å². The van der Waals surface area contributed by atoms with Gasteiger partial charge in [-0.1, -0.05) is 64.8 Å². The van der Waals surface area contributed by atoms with Crippen LogP contribution in [0.15, 0.2) is 24.3 Å². The highest BCUT2D eigenvalue weighted by atomic mass is 16.6. The number of rotatable bonds is 20. The Balaban J connectivity index is 5.65. The Bertz CT molecular complexity index is 637. The first-order chi connectivity index (χ1) is 16.7. The van der Waals surface area contributed by atoms with E-state index in [1.54, 1.807) is 0 Å². The number of ether oxygens (including phenoxy) is 1. The van der Waals surface area contributed by atoms with Crippen molar-refractivity contribution in [3.8, 4) is 0 Å². The molecule has 4 atom stereocenters. The minimum absolute atomic E-state index is 0.293. The second-order valence-electron chi connectivity index (χ2n) is 9.04. The zero-order valence-corrected chi connectivity index (χ0v) is 22.0. The Hall–Kier alpha value is -2.44. The second-order valence-corrected chi connectivity index (χ2v) is 9.04. The van der Waals surface area contributed by atoms with Crippen molar-refractivity contribution in [2.24, 2.45) is 23.7 Å². The lowest BCUT2D eigenvalue weighted by Crippen LogP contribution is -2.37. The highest BCUT2D eigenvalue weighted by Gasteiger charge is 2.39. The molecule has 0 saturated carbocycles. The summed E-state index contributed by atoms with van der Waals surface area (Å²) < 4.78 is 5.25. The van der Waals surface area contributed by atoms with E-state index in [-0.39, 0.29) is 0 Å². The van der Waals surface area contributed by atoms with Gasteiger partial charge >= 0.3 is 23.9 Å². The summed E-state index contributed by atoms with van der Waals surface area (Å²) in [5.74, 6) is -7.67. The Labute approximate surface area is 211 Å². The average molecular weight is 495 g/mol. The molecule has 0 aliphatic rings. The largest absolute Gasteiger partial charge is 0.481 e. The fourth-order valence-corrected chi connectivity index (χ4v) is 4.31. The minimum Gasteiger partial charge on any atom is -0.481 e. The number of carbonyl (C=O) groups is 4. The summed E-state index contributed by atoms with van der Waals surface area (Å²) >= 11 is 0. The molecular weight excluding hydrogens is 448 g/mol. The molecule has 2 N–H and O–H groups in total. The van der Waals surface area contributed by atoms with Crippen LogP contribution in [0.25, 0.3) is 0 Å². The SMILES string of the molecule is CC/C=C/CCCC(C(=O)OC(=O)C(CCC/C=C/CC)C(CCC)C(=O)O)C(CCC)C(=O)O. The lowest BCUT2D eigenvalue weighted by atomic mass is 9.83. The highest BCUT2D eigenvalue weighted by molar-refractivity contribution is 5.92. The number of carboxylic acids is 2. The fraction of sp³-hybridized carbons (Fsp3) is 0.714. The van der Waals surface area contributed by atoms with E-state index in [4.69, 9.17) is 4.74 Å². The number of aliphatic carboxylic acids is 2. The van der Waals surface area contributed by atoms with E-state index in [9.17, 15) is 29.4 Å². The number of unbranched alkanes of at least 4 members (excludes halogenated alkanes) is 2. The van der Waals surface area contributed by atoms with Crippen molar-refractivity contribution in [2.75, 3.05) is 0 Å². The summed E-state index contributed by atoms with van der Waals surface area (Å²) in [6.07, 6.45) is 14.7. The number of hydrogen-bond acceptors (Lipinski definition) is 5. The van der Waals surface area contributed by atoms with Crippen molar-refractivity contribution in [3.05, 3.63) is 24.3 Å². The Morgan fingerprint density at radius 1 is 0.600 bits per heavy atom. The molecule has 0 aliphatic carbocycles. The number of esters is 2. The molecule has 0 amide bonds. The van der Waals surface area contributed by atoms with Crippen LogP contribution in [0.3, 0.4) is 0 Å². The van der Waals surface area contributed by atoms with Gasteiger partial charge < -0.3 is 14.9 Å². The zero-order chi connectivity index (χ0) is 26.6. The number of carboxylic acid groups (broad SMARTS) is 2. The van der Waals surface area contributed by atoms with Gasteiger partial charge in [0.15, 0.2) is 0 Å². The second kappa shape index (κ2) is 19.8. The predicted molar refractivity (Wildman–Crippen MR) is 137 cm³/mol. The highest BCUT2D eigenvalue weighted by Crippen LogP contribution is 2.29. The lowest BCUT2D eigenvalue weighted by Gasteiger charge is -2.25. The van der Waals surface area contributed by atoms with E-state index >= 15 is 0 Å². The maximum atomic E-state index is 13.1. The molecule has 200 valence electrons. The van der Waals surface area contributed by atoms with Gasteiger partial charge in [0.25, 0.3) is 0 Å². The van der Waals surface area contributed by atoms with Gasteiger partial charge in [-0.3, -0.25) is 19.2 Å². The molecular formula is C28H46O7. The molecule has 0 aliphatic heterocycles. The lowest BCUT2D eigenvalue weighted by molar-refractivity contribution is -0.173. The van der Waals surface area contributed by atoms with Gasteiger partial charge in [-0.25, -0.2) is 0 Å². The molecule has 0 aromatic rings. The number of carbonyl (C=O) groups excluding carboxylic acids is 2. The van der Waals surface area contributed by atoms with E-state index in [0.717, 1.165) is 12.8 Å². The van der Waals surface area contributed by atoms with E-state index in [1.807, 2.05) is 52.0 Å². The molecule has 0 fully saturated rings. The predicted octanol–water partition coefficient (Wildman–Crippen LogP) is 6.56. The van der Waals surface area contributed by atoms with Crippen molar-refractivity contribution >= 4 is 23.9 Å². The van der Waals surface area contributed by atoms with Crippen LogP contribution < -0.4 is 0 Å².